The molecular formula is C14H15BrN2O2S. The predicted octanol–water partition coefficient (Wildman–Crippen LogP) is 2.07. The van der Waals surface area contributed by atoms with E-state index in [2.05, 4.69) is 27.3 Å². The molecule has 0 unspecified atom stereocenters. The summed E-state index contributed by atoms with van der Waals surface area (Å²) < 4.78 is 6.64. The topological polar surface area (TPSA) is 64.4 Å². The molecule has 0 bridgehead atoms. The molecule has 0 atom stereocenters. The number of hydrogen-bond donors (Lipinski definition) is 2. The zero-order valence-electron chi connectivity index (χ0n) is 10.9. The minimum atomic E-state index is -0.606. The highest BCUT2D eigenvalue weighted by Crippen LogP contribution is 2.46. The van der Waals surface area contributed by atoms with E-state index in [0.29, 0.717) is 18.1 Å². The highest BCUT2D eigenvalue weighted by Gasteiger charge is 2.52. The minimum Gasteiger partial charge on any atom is -0.493 e. The van der Waals surface area contributed by atoms with Gasteiger partial charge < -0.3 is 15.8 Å². The van der Waals surface area contributed by atoms with Crippen molar-refractivity contribution in [2.24, 2.45) is 11.1 Å². The second kappa shape index (κ2) is 5.00. The quantitative estimate of drug-likeness (QED) is 0.812. The number of fused-ring (bicyclic) bond motifs is 1. The van der Waals surface area contributed by atoms with Gasteiger partial charge in [0.15, 0.2) is 0 Å². The molecule has 1 aliphatic carbocycles. The molecule has 1 aromatic rings. The van der Waals surface area contributed by atoms with E-state index >= 15 is 0 Å². The maximum absolute atomic E-state index is 12.2. The van der Waals surface area contributed by atoms with Crippen molar-refractivity contribution in [1.82, 2.24) is 5.32 Å². The van der Waals surface area contributed by atoms with E-state index < -0.39 is 5.41 Å². The van der Waals surface area contributed by atoms with Crippen LogP contribution in [0.15, 0.2) is 16.6 Å². The van der Waals surface area contributed by atoms with Gasteiger partial charge in [-0.2, -0.15) is 0 Å². The van der Waals surface area contributed by atoms with Crippen LogP contribution in [0.25, 0.3) is 0 Å². The third kappa shape index (κ3) is 2.31. The van der Waals surface area contributed by atoms with Crippen LogP contribution >= 0.6 is 28.1 Å². The number of nitrogens with one attached hydrogen (secondary N) is 1. The van der Waals surface area contributed by atoms with Crippen LogP contribution in [-0.2, 0) is 17.8 Å². The highest BCUT2D eigenvalue weighted by atomic mass is 79.9. The number of nitrogens with two attached hydrogens (primary N) is 1. The number of benzene rings is 1. The molecule has 106 valence electrons. The summed E-state index contributed by atoms with van der Waals surface area (Å²) in [5, 5.41) is 2.93. The Morgan fingerprint density at radius 2 is 2.25 bits per heavy atom. The van der Waals surface area contributed by atoms with Gasteiger partial charge in [-0.25, -0.2) is 0 Å². The summed E-state index contributed by atoms with van der Waals surface area (Å²) in [6.07, 6.45) is 2.41. The molecule has 20 heavy (non-hydrogen) atoms. The summed E-state index contributed by atoms with van der Waals surface area (Å²) >= 11 is 8.48. The van der Waals surface area contributed by atoms with Crippen molar-refractivity contribution in [3.8, 4) is 5.75 Å². The summed E-state index contributed by atoms with van der Waals surface area (Å²) in [5.74, 6) is 0.824. The van der Waals surface area contributed by atoms with Crippen LogP contribution in [-0.4, -0.2) is 17.5 Å². The molecule has 1 saturated carbocycles. The lowest BCUT2D eigenvalue weighted by molar-refractivity contribution is -0.124. The number of rotatable bonds is 4. The van der Waals surface area contributed by atoms with E-state index in [1.165, 1.54) is 5.56 Å². The Bertz CT molecular complexity index is 599. The number of ether oxygens (including phenoxy) is 1. The van der Waals surface area contributed by atoms with Crippen molar-refractivity contribution in [3.63, 3.8) is 0 Å². The SMILES string of the molecule is NC(=S)C1(C(=O)NCc2cc(Br)cc3c2OCC3)CC1. The monoisotopic (exact) mass is 354 g/mol. The first-order chi connectivity index (χ1) is 9.53. The zero-order valence-corrected chi connectivity index (χ0v) is 13.3. The summed E-state index contributed by atoms with van der Waals surface area (Å²) in [7, 11) is 0. The zero-order chi connectivity index (χ0) is 14.3. The Kier molecular flexibility index (Phi) is 3.46. The summed E-state index contributed by atoms with van der Waals surface area (Å²) in [5.41, 5.74) is 7.21. The summed E-state index contributed by atoms with van der Waals surface area (Å²) in [6.45, 7) is 1.13. The first-order valence-electron chi connectivity index (χ1n) is 6.55. The molecule has 1 heterocycles. The van der Waals surface area contributed by atoms with E-state index in [4.69, 9.17) is 22.7 Å². The first-order valence-corrected chi connectivity index (χ1v) is 7.75. The molecule has 2 aliphatic rings. The molecule has 4 nitrogen and oxygen atoms in total. The standard InChI is InChI=1S/C14H15BrN2O2S/c15-10-5-8-1-4-19-11(8)9(6-10)7-17-13(18)14(2-3-14)12(16)20/h5-6H,1-4,7H2,(H2,16,20)(H,17,18). The fourth-order valence-corrected chi connectivity index (χ4v) is 3.38. The highest BCUT2D eigenvalue weighted by molar-refractivity contribution is 9.10. The maximum atomic E-state index is 12.2. The molecule has 1 fully saturated rings. The molecular weight excluding hydrogens is 340 g/mol. The number of thiocarbonyl (C=S) groups is 1. The number of hydrogen-bond acceptors (Lipinski definition) is 3. The lowest BCUT2D eigenvalue weighted by Crippen LogP contribution is -2.39. The molecule has 0 spiro atoms. The van der Waals surface area contributed by atoms with E-state index in [0.717, 1.165) is 35.0 Å². The predicted molar refractivity (Wildman–Crippen MR) is 83.6 cm³/mol. The third-order valence-electron chi connectivity index (χ3n) is 3.92. The molecule has 0 radical (unpaired) electrons. The van der Waals surface area contributed by atoms with E-state index in [9.17, 15) is 4.79 Å². The third-order valence-corrected chi connectivity index (χ3v) is 4.77. The first kappa shape index (κ1) is 13.8. The minimum absolute atomic E-state index is 0.0725. The Morgan fingerprint density at radius 3 is 2.90 bits per heavy atom. The number of amides is 1. The largest absolute Gasteiger partial charge is 0.493 e. The van der Waals surface area contributed by atoms with Gasteiger partial charge in [-0.3, -0.25) is 4.79 Å². The van der Waals surface area contributed by atoms with Gasteiger partial charge in [-0.1, -0.05) is 28.1 Å². The average molecular weight is 355 g/mol. The number of halogens is 1. The van der Waals surface area contributed by atoms with Gasteiger partial charge in [0, 0.05) is 23.0 Å². The molecule has 1 aromatic carbocycles. The van der Waals surface area contributed by atoms with Crippen molar-refractivity contribution in [1.29, 1.82) is 0 Å². The second-order valence-corrected chi connectivity index (χ2v) is 6.64. The number of carbonyl (C=O) groups is 1. The normalized spacial score (nSPS) is 18.1. The van der Waals surface area contributed by atoms with Gasteiger partial charge in [0.05, 0.1) is 17.0 Å². The van der Waals surface area contributed by atoms with Gasteiger partial charge in [0.25, 0.3) is 0 Å². The Morgan fingerprint density at radius 1 is 1.50 bits per heavy atom. The second-order valence-electron chi connectivity index (χ2n) is 5.28. The Balaban J connectivity index is 1.74. The van der Waals surface area contributed by atoms with Gasteiger partial charge in [0.1, 0.15) is 5.75 Å². The van der Waals surface area contributed by atoms with Crippen LogP contribution in [0, 0.1) is 5.41 Å². The molecule has 1 amide bonds. The Hall–Kier alpha value is -1.14. The van der Waals surface area contributed by atoms with Crippen molar-refractivity contribution >= 4 is 39.0 Å². The van der Waals surface area contributed by atoms with E-state index in [1.807, 2.05) is 6.07 Å². The Labute approximate surface area is 131 Å². The maximum Gasteiger partial charge on any atom is 0.233 e. The molecule has 3 rings (SSSR count). The molecule has 6 heteroatoms. The van der Waals surface area contributed by atoms with Gasteiger partial charge >= 0.3 is 0 Å². The van der Waals surface area contributed by atoms with Gasteiger partial charge in [-0.05, 0) is 30.5 Å². The van der Waals surface area contributed by atoms with Crippen LogP contribution in [0.5, 0.6) is 5.75 Å². The average Bonchev–Trinajstić information content (AvgIpc) is 3.09. The molecule has 0 saturated heterocycles. The fourth-order valence-electron chi connectivity index (χ4n) is 2.53. The van der Waals surface area contributed by atoms with Gasteiger partial charge in [0.2, 0.25) is 5.91 Å². The van der Waals surface area contributed by atoms with Crippen molar-refractivity contribution in [3.05, 3.63) is 27.7 Å². The van der Waals surface area contributed by atoms with Gasteiger partial charge in [-0.15, -0.1) is 0 Å². The van der Waals surface area contributed by atoms with Crippen LogP contribution in [0.2, 0.25) is 0 Å². The van der Waals surface area contributed by atoms with Crippen LogP contribution in [0.3, 0.4) is 0 Å². The lowest BCUT2D eigenvalue weighted by atomic mass is 10.1. The molecule has 3 N–H and O–H groups in total. The van der Waals surface area contributed by atoms with Crippen molar-refractivity contribution in [2.45, 2.75) is 25.8 Å². The van der Waals surface area contributed by atoms with Crippen LogP contribution in [0.4, 0.5) is 0 Å². The lowest BCUT2D eigenvalue weighted by Gasteiger charge is -2.15. The van der Waals surface area contributed by atoms with Crippen molar-refractivity contribution in [2.75, 3.05) is 6.61 Å². The summed E-state index contributed by atoms with van der Waals surface area (Å²) in [6, 6.07) is 4.04. The van der Waals surface area contributed by atoms with Crippen LogP contribution in [0.1, 0.15) is 24.0 Å². The summed E-state index contributed by atoms with van der Waals surface area (Å²) in [4.78, 5) is 12.5. The van der Waals surface area contributed by atoms with E-state index in [-0.39, 0.29) is 5.91 Å². The van der Waals surface area contributed by atoms with Crippen molar-refractivity contribution < 1.29 is 9.53 Å². The van der Waals surface area contributed by atoms with E-state index in [1.54, 1.807) is 0 Å². The van der Waals surface area contributed by atoms with Crippen LogP contribution < -0.4 is 15.8 Å². The fraction of sp³-hybridized carbons (Fsp3) is 0.429. The smallest absolute Gasteiger partial charge is 0.233 e. The number of carbonyl (C=O) groups excluding carboxylic acids is 1. The molecule has 0 aromatic heterocycles. The molecule has 1 aliphatic heterocycles.